The maximum absolute atomic E-state index is 6.22. The van der Waals surface area contributed by atoms with Gasteiger partial charge >= 0.3 is 0 Å². The summed E-state index contributed by atoms with van der Waals surface area (Å²) < 4.78 is 2.08. The van der Waals surface area contributed by atoms with E-state index in [0.29, 0.717) is 5.41 Å². The van der Waals surface area contributed by atoms with E-state index in [1.807, 2.05) is 0 Å². The molecule has 0 atom stereocenters. The molecule has 2 rings (SSSR count). The van der Waals surface area contributed by atoms with E-state index in [2.05, 4.69) is 35.0 Å². The van der Waals surface area contributed by atoms with Crippen molar-refractivity contribution >= 4 is 11.6 Å². The fourth-order valence-electron chi connectivity index (χ4n) is 3.13. The molecule has 0 radical (unpaired) electrons. The first kappa shape index (κ1) is 14.9. The summed E-state index contributed by atoms with van der Waals surface area (Å²) in [6.45, 7) is 7.05. The Balaban J connectivity index is 1.88. The van der Waals surface area contributed by atoms with Crippen molar-refractivity contribution < 1.29 is 0 Å². The third-order valence-electron chi connectivity index (χ3n) is 4.29. The van der Waals surface area contributed by atoms with Gasteiger partial charge in [-0.25, -0.2) is 0 Å². The zero-order valence-corrected chi connectivity index (χ0v) is 13.0. The largest absolute Gasteiger partial charge is 0.311 e. The van der Waals surface area contributed by atoms with Crippen LogP contribution >= 0.6 is 11.6 Å². The van der Waals surface area contributed by atoms with Crippen molar-refractivity contribution in [3.8, 4) is 0 Å². The van der Waals surface area contributed by atoms with Crippen molar-refractivity contribution in [2.24, 2.45) is 5.41 Å². The topological polar surface area (TPSA) is 29.9 Å². The zero-order valence-electron chi connectivity index (χ0n) is 12.2. The van der Waals surface area contributed by atoms with Gasteiger partial charge in [-0.15, -0.1) is 11.6 Å². The zero-order chi connectivity index (χ0) is 13.7. The summed E-state index contributed by atoms with van der Waals surface area (Å²) >= 11 is 6.22. The van der Waals surface area contributed by atoms with Crippen LogP contribution < -0.4 is 5.32 Å². The first-order chi connectivity index (χ1) is 9.19. The molecule has 4 heteroatoms. The van der Waals surface area contributed by atoms with E-state index >= 15 is 0 Å². The van der Waals surface area contributed by atoms with Crippen LogP contribution in [0.4, 0.5) is 0 Å². The lowest BCUT2D eigenvalue weighted by molar-refractivity contribution is 0.211. The smallest absolute Gasteiger partial charge is 0.0597 e. The highest BCUT2D eigenvalue weighted by Gasteiger charge is 2.30. The predicted molar refractivity (Wildman–Crippen MR) is 80.6 cm³/mol. The Hall–Kier alpha value is -0.540. The number of nitrogens with zero attached hydrogens (tertiary/aromatic N) is 2. The van der Waals surface area contributed by atoms with Crippen LogP contribution in [0, 0.1) is 12.3 Å². The minimum atomic E-state index is 0.325. The Bertz CT molecular complexity index is 394. The van der Waals surface area contributed by atoms with E-state index in [1.54, 1.807) is 0 Å². The Labute approximate surface area is 121 Å². The van der Waals surface area contributed by atoms with Gasteiger partial charge in [0.15, 0.2) is 0 Å². The van der Waals surface area contributed by atoms with Crippen molar-refractivity contribution in [1.82, 2.24) is 15.1 Å². The van der Waals surface area contributed by atoms with Crippen LogP contribution in [0.2, 0.25) is 0 Å². The standard InChI is InChI=1S/C15H26ClN3/c1-3-19-14(9-13(2)18-19)10-17-12-15(11-16)7-5-4-6-8-15/h9,17H,3-8,10-12H2,1-2H3. The summed E-state index contributed by atoms with van der Waals surface area (Å²) in [5.41, 5.74) is 2.70. The second-order valence-electron chi connectivity index (χ2n) is 5.89. The van der Waals surface area contributed by atoms with Gasteiger partial charge in [0, 0.05) is 25.5 Å². The third kappa shape index (κ3) is 3.73. The van der Waals surface area contributed by atoms with Crippen LogP contribution in [0.25, 0.3) is 0 Å². The average molecular weight is 284 g/mol. The number of hydrogen-bond donors (Lipinski definition) is 1. The number of rotatable bonds is 6. The SMILES string of the molecule is CCn1nc(C)cc1CNCC1(CCl)CCCCC1. The molecule has 1 aliphatic carbocycles. The molecule has 1 aromatic rings. The van der Waals surface area contributed by atoms with Gasteiger partial charge < -0.3 is 5.32 Å². The fourth-order valence-corrected chi connectivity index (χ4v) is 3.49. The lowest BCUT2D eigenvalue weighted by atomic mass is 9.75. The molecule has 19 heavy (non-hydrogen) atoms. The Morgan fingerprint density at radius 3 is 2.74 bits per heavy atom. The van der Waals surface area contributed by atoms with E-state index in [9.17, 15) is 0 Å². The monoisotopic (exact) mass is 283 g/mol. The third-order valence-corrected chi connectivity index (χ3v) is 4.86. The van der Waals surface area contributed by atoms with E-state index < -0.39 is 0 Å². The second-order valence-corrected chi connectivity index (χ2v) is 6.16. The van der Waals surface area contributed by atoms with E-state index in [4.69, 9.17) is 11.6 Å². The molecule has 108 valence electrons. The number of halogens is 1. The summed E-state index contributed by atoms with van der Waals surface area (Å²) in [5.74, 6) is 0.784. The summed E-state index contributed by atoms with van der Waals surface area (Å²) in [5, 5.41) is 8.09. The molecule has 0 saturated heterocycles. The molecule has 0 aromatic carbocycles. The predicted octanol–water partition coefficient (Wildman–Crippen LogP) is 3.49. The van der Waals surface area contributed by atoms with Crippen LogP contribution in [0.15, 0.2) is 6.07 Å². The van der Waals surface area contributed by atoms with E-state index in [0.717, 1.165) is 31.2 Å². The number of alkyl halides is 1. The highest BCUT2D eigenvalue weighted by Crippen LogP contribution is 2.36. The van der Waals surface area contributed by atoms with E-state index in [-0.39, 0.29) is 0 Å². The van der Waals surface area contributed by atoms with Crippen molar-refractivity contribution in [2.45, 2.75) is 59.0 Å². The number of hydrogen-bond acceptors (Lipinski definition) is 2. The Kier molecular flexibility index (Phi) is 5.28. The Morgan fingerprint density at radius 2 is 2.11 bits per heavy atom. The molecular weight excluding hydrogens is 258 g/mol. The molecule has 0 amide bonds. The van der Waals surface area contributed by atoms with Crippen LogP contribution in [-0.4, -0.2) is 22.2 Å². The molecule has 1 aromatic heterocycles. The summed E-state index contributed by atoms with van der Waals surface area (Å²) in [7, 11) is 0. The van der Waals surface area contributed by atoms with E-state index in [1.165, 1.54) is 37.8 Å². The molecule has 1 heterocycles. The minimum Gasteiger partial charge on any atom is -0.311 e. The molecule has 0 unspecified atom stereocenters. The van der Waals surface area contributed by atoms with Gasteiger partial charge in [-0.1, -0.05) is 19.3 Å². The van der Waals surface area contributed by atoms with Gasteiger partial charge in [0.05, 0.1) is 11.4 Å². The number of aromatic nitrogens is 2. The fraction of sp³-hybridized carbons (Fsp3) is 0.800. The summed E-state index contributed by atoms with van der Waals surface area (Å²) in [6, 6.07) is 2.17. The van der Waals surface area contributed by atoms with Gasteiger partial charge in [0.2, 0.25) is 0 Å². The molecule has 0 bridgehead atoms. The van der Waals surface area contributed by atoms with Gasteiger partial charge in [0.1, 0.15) is 0 Å². The number of nitrogens with one attached hydrogen (secondary N) is 1. The van der Waals surface area contributed by atoms with Crippen molar-refractivity contribution in [3.05, 3.63) is 17.5 Å². The van der Waals surface area contributed by atoms with Gasteiger partial charge in [-0.2, -0.15) is 5.10 Å². The highest BCUT2D eigenvalue weighted by atomic mass is 35.5. The highest BCUT2D eigenvalue weighted by molar-refractivity contribution is 6.18. The van der Waals surface area contributed by atoms with Crippen LogP contribution in [-0.2, 0) is 13.1 Å². The Morgan fingerprint density at radius 1 is 1.37 bits per heavy atom. The van der Waals surface area contributed by atoms with Crippen LogP contribution in [0.1, 0.15) is 50.4 Å². The van der Waals surface area contributed by atoms with Crippen molar-refractivity contribution in [3.63, 3.8) is 0 Å². The lowest BCUT2D eigenvalue weighted by Gasteiger charge is -2.35. The summed E-state index contributed by atoms with van der Waals surface area (Å²) in [4.78, 5) is 0. The summed E-state index contributed by atoms with van der Waals surface area (Å²) in [6.07, 6.45) is 6.59. The molecule has 0 spiro atoms. The molecule has 3 nitrogen and oxygen atoms in total. The molecule has 1 N–H and O–H groups in total. The van der Waals surface area contributed by atoms with Crippen molar-refractivity contribution in [2.75, 3.05) is 12.4 Å². The van der Waals surface area contributed by atoms with Gasteiger partial charge in [-0.05, 0) is 38.2 Å². The lowest BCUT2D eigenvalue weighted by Crippen LogP contribution is -2.37. The van der Waals surface area contributed by atoms with Crippen LogP contribution in [0.5, 0.6) is 0 Å². The van der Waals surface area contributed by atoms with Crippen LogP contribution in [0.3, 0.4) is 0 Å². The number of aryl methyl sites for hydroxylation is 2. The normalized spacial score (nSPS) is 18.7. The van der Waals surface area contributed by atoms with Gasteiger partial charge in [0.25, 0.3) is 0 Å². The quantitative estimate of drug-likeness (QED) is 0.810. The molecule has 1 fully saturated rings. The molecule has 0 aliphatic heterocycles. The first-order valence-corrected chi connectivity index (χ1v) is 8.02. The molecule has 1 saturated carbocycles. The molecular formula is C15H26ClN3. The molecule has 1 aliphatic rings. The van der Waals surface area contributed by atoms with Crippen molar-refractivity contribution in [1.29, 1.82) is 0 Å². The maximum atomic E-state index is 6.22. The van der Waals surface area contributed by atoms with Gasteiger partial charge in [-0.3, -0.25) is 4.68 Å². The second kappa shape index (κ2) is 6.76. The first-order valence-electron chi connectivity index (χ1n) is 7.49. The minimum absolute atomic E-state index is 0.325. The maximum Gasteiger partial charge on any atom is 0.0597 e. The average Bonchev–Trinajstić information content (AvgIpc) is 2.80.